The number of carbonyl (C=O) groups excluding carboxylic acids is 2. The van der Waals surface area contributed by atoms with Crippen molar-refractivity contribution in [1.29, 1.82) is 0 Å². The normalized spacial score (nSPS) is 10.1. The maximum atomic E-state index is 12.1. The molecule has 2 aromatic carbocycles. The molecular weight excluding hydrogens is 304 g/mol. The first-order valence-electron chi connectivity index (χ1n) is 7.88. The van der Waals surface area contributed by atoms with Gasteiger partial charge in [-0.2, -0.15) is 0 Å². The summed E-state index contributed by atoms with van der Waals surface area (Å²) in [5.74, 6) is -0.520. The van der Waals surface area contributed by atoms with Gasteiger partial charge in [0, 0.05) is 11.4 Å². The molecule has 0 aromatic heterocycles. The van der Waals surface area contributed by atoms with Crippen LogP contribution in [0, 0.1) is 13.8 Å². The number of hydrogen-bond donors (Lipinski definition) is 2. The fourth-order valence-corrected chi connectivity index (χ4v) is 2.37. The monoisotopic (exact) mass is 326 g/mol. The number of esters is 1. The topological polar surface area (TPSA) is 67.4 Å². The maximum absolute atomic E-state index is 12.1. The van der Waals surface area contributed by atoms with Crippen LogP contribution in [0.2, 0.25) is 0 Å². The van der Waals surface area contributed by atoms with Crippen molar-refractivity contribution in [1.82, 2.24) is 0 Å². The number of amides is 1. The van der Waals surface area contributed by atoms with Gasteiger partial charge in [-0.3, -0.25) is 4.79 Å². The summed E-state index contributed by atoms with van der Waals surface area (Å²) in [6, 6.07) is 12.6. The third-order valence-corrected chi connectivity index (χ3v) is 3.59. The lowest BCUT2D eigenvalue weighted by atomic mass is 10.1. The van der Waals surface area contributed by atoms with E-state index >= 15 is 0 Å². The highest BCUT2D eigenvalue weighted by Gasteiger charge is 2.08. The van der Waals surface area contributed by atoms with Crippen molar-refractivity contribution >= 4 is 23.3 Å². The number of benzene rings is 2. The Morgan fingerprint density at radius 1 is 1.00 bits per heavy atom. The molecule has 0 saturated carbocycles. The minimum absolute atomic E-state index is 0.151. The third kappa shape index (κ3) is 4.59. The first-order chi connectivity index (χ1) is 11.5. The molecule has 0 aliphatic heterocycles. The number of anilines is 2. The van der Waals surface area contributed by atoms with Gasteiger partial charge >= 0.3 is 5.97 Å². The number of rotatable bonds is 6. The minimum Gasteiger partial charge on any atom is -0.462 e. The highest BCUT2D eigenvalue weighted by atomic mass is 16.5. The Labute approximate surface area is 142 Å². The molecule has 24 heavy (non-hydrogen) atoms. The van der Waals surface area contributed by atoms with Gasteiger partial charge in [-0.1, -0.05) is 18.2 Å². The Morgan fingerprint density at radius 2 is 1.62 bits per heavy atom. The first kappa shape index (κ1) is 17.5. The molecule has 0 spiro atoms. The van der Waals surface area contributed by atoms with E-state index in [1.807, 2.05) is 32.0 Å². The summed E-state index contributed by atoms with van der Waals surface area (Å²) in [5.41, 5.74) is 4.27. The molecular formula is C19H22N2O3. The molecule has 0 aliphatic rings. The van der Waals surface area contributed by atoms with E-state index in [9.17, 15) is 9.59 Å². The smallest absolute Gasteiger partial charge is 0.338 e. The first-order valence-corrected chi connectivity index (χ1v) is 7.88. The molecule has 1 amide bonds. The zero-order valence-corrected chi connectivity index (χ0v) is 14.2. The average Bonchev–Trinajstić information content (AvgIpc) is 2.55. The summed E-state index contributed by atoms with van der Waals surface area (Å²) in [6.45, 7) is 6.27. The summed E-state index contributed by atoms with van der Waals surface area (Å²) in [4.78, 5) is 23.6. The van der Waals surface area contributed by atoms with Crippen molar-refractivity contribution in [2.75, 3.05) is 23.8 Å². The van der Waals surface area contributed by atoms with Crippen molar-refractivity contribution < 1.29 is 14.3 Å². The SMILES string of the molecule is CCOC(=O)c1ccc(NC(=O)CNc2c(C)cccc2C)cc1. The van der Waals surface area contributed by atoms with Crippen LogP contribution in [0.4, 0.5) is 11.4 Å². The van der Waals surface area contributed by atoms with Crippen LogP contribution < -0.4 is 10.6 Å². The van der Waals surface area contributed by atoms with E-state index in [0.717, 1.165) is 16.8 Å². The second-order valence-corrected chi connectivity index (χ2v) is 5.47. The summed E-state index contributed by atoms with van der Waals surface area (Å²) >= 11 is 0. The standard InChI is InChI=1S/C19H22N2O3/c1-4-24-19(23)15-8-10-16(11-9-15)21-17(22)12-20-18-13(2)6-5-7-14(18)3/h5-11,20H,4,12H2,1-3H3,(H,21,22). The van der Waals surface area contributed by atoms with Gasteiger partial charge in [0.1, 0.15) is 0 Å². The van der Waals surface area contributed by atoms with E-state index in [-0.39, 0.29) is 18.4 Å². The fourth-order valence-electron chi connectivity index (χ4n) is 2.37. The van der Waals surface area contributed by atoms with Gasteiger partial charge in [0.2, 0.25) is 5.91 Å². The molecule has 5 heteroatoms. The number of carbonyl (C=O) groups is 2. The van der Waals surface area contributed by atoms with E-state index in [0.29, 0.717) is 17.9 Å². The second kappa shape index (κ2) is 8.15. The van der Waals surface area contributed by atoms with Crippen LogP contribution in [-0.2, 0) is 9.53 Å². The number of nitrogens with one attached hydrogen (secondary N) is 2. The molecule has 126 valence electrons. The van der Waals surface area contributed by atoms with Gasteiger partial charge in [-0.15, -0.1) is 0 Å². The van der Waals surface area contributed by atoms with Crippen molar-refractivity contribution in [3.63, 3.8) is 0 Å². The summed E-state index contributed by atoms with van der Waals surface area (Å²) in [5, 5.41) is 5.96. The van der Waals surface area contributed by atoms with Gasteiger partial charge < -0.3 is 15.4 Å². The van der Waals surface area contributed by atoms with E-state index in [1.54, 1.807) is 31.2 Å². The quantitative estimate of drug-likeness (QED) is 0.797. The Balaban J connectivity index is 1.92. The molecule has 0 atom stereocenters. The van der Waals surface area contributed by atoms with Crippen LogP contribution in [0.3, 0.4) is 0 Å². The lowest BCUT2D eigenvalue weighted by Gasteiger charge is -2.12. The molecule has 5 nitrogen and oxygen atoms in total. The maximum Gasteiger partial charge on any atom is 0.338 e. The molecule has 0 saturated heterocycles. The number of para-hydroxylation sites is 1. The molecule has 2 N–H and O–H groups in total. The van der Waals surface area contributed by atoms with E-state index in [4.69, 9.17) is 4.74 Å². The van der Waals surface area contributed by atoms with Crippen LogP contribution >= 0.6 is 0 Å². The summed E-state index contributed by atoms with van der Waals surface area (Å²) < 4.78 is 4.92. The zero-order chi connectivity index (χ0) is 17.5. The third-order valence-electron chi connectivity index (χ3n) is 3.59. The molecule has 0 heterocycles. The number of ether oxygens (including phenoxy) is 1. The molecule has 2 aromatic rings. The largest absolute Gasteiger partial charge is 0.462 e. The van der Waals surface area contributed by atoms with E-state index in [2.05, 4.69) is 10.6 Å². The van der Waals surface area contributed by atoms with Crippen LogP contribution in [-0.4, -0.2) is 25.0 Å². The molecule has 0 bridgehead atoms. The average molecular weight is 326 g/mol. The predicted octanol–water partition coefficient (Wildman–Crippen LogP) is 3.53. The van der Waals surface area contributed by atoms with Gasteiger partial charge in [0.05, 0.1) is 18.7 Å². The highest BCUT2D eigenvalue weighted by Crippen LogP contribution is 2.19. The number of aryl methyl sites for hydroxylation is 2. The van der Waals surface area contributed by atoms with Crippen LogP contribution in [0.25, 0.3) is 0 Å². The lowest BCUT2D eigenvalue weighted by molar-refractivity contribution is -0.114. The van der Waals surface area contributed by atoms with Gasteiger partial charge in [0.15, 0.2) is 0 Å². The van der Waals surface area contributed by atoms with Gasteiger partial charge in [-0.05, 0) is 56.2 Å². The van der Waals surface area contributed by atoms with Crippen molar-refractivity contribution in [3.05, 3.63) is 59.2 Å². The molecule has 0 unspecified atom stereocenters. The molecule has 0 aliphatic carbocycles. The van der Waals surface area contributed by atoms with E-state index < -0.39 is 0 Å². The zero-order valence-electron chi connectivity index (χ0n) is 14.2. The second-order valence-electron chi connectivity index (χ2n) is 5.47. The van der Waals surface area contributed by atoms with Crippen LogP contribution in [0.15, 0.2) is 42.5 Å². The van der Waals surface area contributed by atoms with Crippen molar-refractivity contribution in [3.8, 4) is 0 Å². The predicted molar refractivity (Wildman–Crippen MR) is 95.4 cm³/mol. The lowest BCUT2D eigenvalue weighted by Crippen LogP contribution is -2.22. The summed E-state index contributed by atoms with van der Waals surface area (Å²) in [7, 11) is 0. The van der Waals surface area contributed by atoms with E-state index in [1.165, 1.54) is 0 Å². The molecule has 0 fully saturated rings. The summed E-state index contributed by atoms with van der Waals surface area (Å²) in [6.07, 6.45) is 0. The van der Waals surface area contributed by atoms with Crippen LogP contribution in [0.1, 0.15) is 28.4 Å². The van der Waals surface area contributed by atoms with Crippen molar-refractivity contribution in [2.45, 2.75) is 20.8 Å². The Bertz CT molecular complexity index is 704. The highest BCUT2D eigenvalue weighted by molar-refractivity contribution is 5.95. The molecule has 2 rings (SSSR count). The molecule has 0 radical (unpaired) electrons. The van der Waals surface area contributed by atoms with Crippen molar-refractivity contribution in [2.24, 2.45) is 0 Å². The fraction of sp³-hybridized carbons (Fsp3) is 0.263. The van der Waals surface area contributed by atoms with Crippen LogP contribution in [0.5, 0.6) is 0 Å². The minimum atomic E-state index is -0.368. The number of hydrogen-bond acceptors (Lipinski definition) is 4. The van der Waals surface area contributed by atoms with Gasteiger partial charge in [0.25, 0.3) is 0 Å². The van der Waals surface area contributed by atoms with Gasteiger partial charge in [-0.25, -0.2) is 4.79 Å². The Morgan fingerprint density at radius 3 is 2.21 bits per heavy atom. The Kier molecular flexibility index (Phi) is 5.95. The Hall–Kier alpha value is -2.82.